The molecule has 3 nitrogen and oxygen atoms in total. The molecule has 94 valence electrons. The summed E-state index contributed by atoms with van der Waals surface area (Å²) in [5.41, 5.74) is 3.02. The minimum Gasteiger partial charge on any atom is -0.370 e. The van der Waals surface area contributed by atoms with Crippen molar-refractivity contribution in [2.45, 2.75) is 13.8 Å². The highest BCUT2D eigenvalue weighted by atomic mass is 35.5. The van der Waals surface area contributed by atoms with Crippen molar-refractivity contribution in [2.24, 2.45) is 0 Å². The molecule has 0 spiro atoms. The lowest BCUT2D eigenvalue weighted by molar-refractivity contribution is 1.16. The van der Waals surface area contributed by atoms with Crippen molar-refractivity contribution >= 4 is 28.8 Å². The van der Waals surface area contributed by atoms with Gasteiger partial charge in [0.25, 0.3) is 0 Å². The van der Waals surface area contributed by atoms with E-state index in [0.717, 1.165) is 34.3 Å². The van der Waals surface area contributed by atoms with Crippen LogP contribution in [-0.2, 0) is 0 Å². The van der Waals surface area contributed by atoms with E-state index in [4.69, 9.17) is 11.6 Å². The largest absolute Gasteiger partial charge is 0.370 e. The van der Waals surface area contributed by atoms with Gasteiger partial charge >= 0.3 is 0 Å². The monoisotopic (exact) mass is 261 g/mol. The van der Waals surface area contributed by atoms with Gasteiger partial charge in [-0.15, -0.1) is 0 Å². The number of pyridine rings is 1. The van der Waals surface area contributed by atoms with Crippen molar-refractivity contribution in [3.8, 4) is 0 Å². The van der Waals surface area contributed by atoms with Gasteiger partial charge in [0.05, 0.1) is 10.7 Å². The van der Waals surface area contributed by atoms with E-state index in [9.17, 15) is 0 Å². The fourth-order valence-electron chi connectivity index (χ4n) is 1.72. The first kappa shape index (κ1) is 12.7. The van der Waals surface area contributed by atoms with E-state index in [1.807, 2.05) is 44.2 Å². The minimum absolute atomic E-state index is 0.719. The molecule has 1 aromatic carbocycles. The van der Waals surface area contributed by atoms with E-state index >= 15 is 0 Å². The Morgan fingerprint density at radius 2 is 2.11 bits per heavy atom. The maximum absolute atomic E-state index is 6.19. The summed E-state index contributed by atoms with van der Waals surface area (Å²) in [5.74, 6) is 0.854. The molecule has 4 heteroatoms. The van der Waals surface area contributed by atoms with Gasteiger partial charge in [-0.1, -0.05) is 23.7 Å². The average molecular weight is 262 g/mol. The second kappa shape index (κ2) is 5.74. The summed E-state index contributed by atoms with van der Waals surface area (Å²) in [6.07, 6.45) is 1.77. The molecule has 2 aromatic rings. The van der Waals surface area contributed by atoms with Gasteiger partial charge in [0, 0.05) is 24.5 Å². The Balaban J connectivity index is 2.26. The van der Waals surface area contributed by atoms with Crippen LogP contribution in [0.3, 0.4) is 0 Å². The number of nitrogens with one attached hydrogen (secondary N) is 2. The van der Waals surface area contributed by atoms with Gasteiger partial charge in [-0.05, 0) is 31.5 Å². The van der Waals surface area contributed by atoms with E-state index in [0.29, 0.717) is 0 Å². The molecular weight excluding hydrogens is 246 g/mol. The van der Waals surface area contributed by atoms with Crippen LogP contribution in [0, 0.1) is 6.92 Å². The van der Waals surface area contributed by atoms with Gasteiger partial charge in [-0.25, -0.2) is 4.98 Å². The molecule has 0 bridgehead atoms. The molecule has 0 amide bonds. The van der Waals surface area contributed by atoms with Crippen molar-refractivity contribution in [1.82, 2.24) is 4.98 Å². The standard InChI is InChI=1S/C14H16ClN3/c1-3-16-13-9-11(7-8-17-13)18-14-10(2)5-4-6-12(14)15/h4-9H,3H2,1-2H3,(H2,16,17,18). The van der Waals surface area contributed by atoms with Crippen LogP contribution in [0.5, 0.6) is 0 Å². The third-order valence-electron chi connectivity index (χ3n) is 2.61. The molecule has 0 radical (unpaired) electrons. The van der Waals surface area contributed by atoms with Gasteiger partial charge in [-0.3, -0.25) is 0 Å². The molecular formula is C14H16ClN3. The molecule has 0 saturated carbocycles. The van der Waals surface area contributed by atoms with Crippen molar-refractivity contribution in [2.75, 3.05) is 17.2 Å². The lowest BCUT2D eigenvalue weighted by Gasteiger charge is -2.12. The molecule has 0 atom stereocenters. The summed E-state index contributed by atoms with van der Waals surface area (Å²) in [7, 11) is 0. The Hall–Kier alpha value is -1.74. The van der Waals surface area contributed by atoms with Crippen molar-refractivity contribution in [1.29, 1.82) is 0 Å². The quantitative estimate of drug-likeness (QED) is 0.865. The van der Waals surface area contributed by atoms with Gasteiger partial charge in [0.1, 0.15) is 5.82 Å². The Bertz CT molecular complexity index is 520. The number of halogens is 1. The Morgan fingerprint density at radius 3 is 2.83 bits per heavy atom. The molecule has 2 N–H and O–H groups in total. The summed E-state index contributed by atoms with van der Waals surface area (Å²) < 4.78 is 0. The third kappa shape index (κ3) is 2.93. The number of benzene rings is 1. The van der Waals surface area contributed by atoms with Crippen LogP contribution in [0.4, 0.5) is 17.2 Å². The predicted octanol–water partition coefficient (Wildman–Crippen LogP) is 4.22. The van der Waals surface area contributed by atoms with Gasteiger partial charge in [0.2, 0.25) is 0 Å². The van der Waals surface area contributed by atoms with Gasteiger partial charge in [0.15, 0.2) is 0 Å². The normalized spacial score (nSPS) is 10.2. The topological polar surface area (TPSA) is 37.0 Å². The van der Waals surface area contributed by atoms with Crippen LogP contribution < -0.4 is 10.6 Å². The highest BCUT2D eigenvalue weighted by Gasteiger charge is 2.04. The maximum Gasteiger partial charge on any atom is 0.127 e. The van der Waals surface area contributed by atoms with Crippen LogP contribution >= 0.6 is 11.6 Å². The molecule has 0 fully saturated rings. The van der Waals surface area contributed by atoms with Crippen LogP contribution in [-0.4, -0.2) is 11.5 Å². The molecule has 0 saturated heterocycles. The van der Waals surface area contributed by atoms with E-state index in [2.05, 4.69) is 15.6 Å². The van der Waals surface area contributed by atoms with E-state index in [-0.39, 0.29) is 0 Å². The molecule has 1 heterocycles. The molecule has 0 aliphatic carbocycles. The van der Waals surface area contributed by atoms with Crippen LogP contribution in [0.1, 0.15) is 12.5 Å². The summed E-state index contributed by atoms with van der Waals surface area (Å²) in [6, 6.07) is 9.74. The van der Waals surface area contributed by atoms with Crippen LogP contribution in [0.2, 0.25) is 5.02 Å². The third-order valence-corrected chi connectivity index (χ3v) is 2.92. The molecule has 0 aliphatic rings. The zero-order chi connectivity index (χ0) is 13.0. The second-order valence-corrected chi connectivity index (χ2v) is 4.42. The number of anilines is 3. The zero-order valence-corrected chi connectivity index (χ0v) is 11.3. The first-order valence-electron chi connectivity index (χ1n) is 5.92. The molecule has 18 heavy (non-hydrogen) atoms. The molecule has 0 aliphatic heterocycles. The zero-order valence-electron chi connectivity index (χ0n) is 10.5. The van der Waals surface area contributed by atoms with Gasteiger partial charge in [-0.2, -0.15) is 0 Å². The first-order chi connectivity index (χ1) is 8.70. The lowest BCUT2D eigenvalue weighted by atomic mass is 10.2. The number of hydrogen-bond acceptors (Lipinski definition) is 3. The van der Waals surface area contributed by atoms with E-state index in [1.54, 1.807) is 6.20 Å². The molecule has 2 rings (SSSR count). The maximum atomic E-state index is 6.19. The summed E-state index contributed by atoms with van der Waals surface area (Å²) in [4.78, 5) is 4.23. The highest BCUT2D eigenvalue weighted by Crippen LogP contribution is 2.29. The summed E-state index contributed by atoms with van der Waals surface area (Å²) >= 11 is 6.19. The predicted molar refractivity (Wildman–Crippen MR) is 77.9 cm³/mol. The Kier molecular flexibility index (Phi) is 4.05. The van der Waals surface area contributed by atoms with Crippen LogP contribution in [0.25, 0.3) is 0 Å². The fraction of sp³-hybridized carbons (Fsp3) is 0.214. The number of nitrogens with zero attached hydrogens (tertiary/aromatic N) is 1. The Labute approximate surface area is 112 Å². The number of aromatic nitrogens is 1. The number of aryl methyl sites for hydroxylation is 1. The van der Waals surface area contributed by atoms with Crippen molar-refractivity contribution in [3.05, 3.63) is 47.1 Å². The fourth-order valence-corrected chi connectivity index (χ4v) is 1.99. The SMILES string of the molecule is CCNc1cc(Nc2c(C)cccc2Cl)ccn1. The number of hydrogen-bond donors (Lipinski definition) is 2. The van der Waals surface area contributed by atoms with Gasteiger partial charge < -0.3 is 10.6 Å². The van der Waals surface area contributed by atoms with Crippen molar-refractivity contribution in [3.63, 3.8) is 0 Å². The van der Waals surface area contributed by atoms with Crippen molar-refractivity contribution < 1.29 is 0 Å². The summed E-state index contributed by atoms with van der Waals surface area (Å²) in [5, 5.41) is 7.23. The molecule has 0 unspecified atom stereocenters. The van der Waals surface area contributed by atoms with E-state index < -0.39 is 0 Å². The smallest absolute Gasteiger partial charge is 0.127 e. The number of rotatable bonds is 4. The second-order valence-electron chi connectivity index (χ2n) is 4.02. The lowest BCUT2D eigenvalue weighted by Crippen LogP contribution is -2.00. The minimum atomic E-state index is 0.719. The van der Waals surface area contributed by atoms with Crippen LogP contribution in [0.15, 0.2) is 36.5 Å². The summed E-state index contributed by atoms with van der Waals surface area (Å²) in [6.45, 7) is 4.92. The molecule has 1 aromatic heterocycles. The average Bonchev–Trinajstić information content (AvgIpc) is 2.35. The number of para-hydroxylation sites is 1. The highest BCUT2D eigenvalue weighted by molar-refractivity contribution is 6.33. The first-order valence-corrected chi connectivity index (χ1v) is 6.30. The Morgan fingerprint density at radius 1 is 1.28 bits per heavy atom. The van der Waals surface area contributed by atoms with E-state index in [1.165, 1.54) is 0 Å².